The molecule has 0 saturated heterocycles. The monoisotopic (exact) mass is 290 g/mol. The maximum atomic E-state index is 9.23. The summed E-state index contributed by atoms with van der Waals surface area (Å²) in [6.07, 6.45) is 6.49. The zero-order valence-electron chi connectivity index (χ0n) is 12.4. The van der Waals surface area contributed by atoms with Crippen LogP contribution < -0.4 is 5.32 Å². The Balaban J connectivity index is 2.11. The molecule has 1 fully saturated rings. The third kappa shape index (κ3) is 3.46. The number of nitriles is 1. The topological polar surface area (TPSA) is 35.8 Å². The quantitative estimate of drug-likeness (QED) is 0.806. The minimum absolute atomic E-state index is 0.392. The van der Waals surface area contributed by atoms with Crippen molar-refractivity contribution < 1.29 is 0 Å². The summed E-state index contributed by atoms with van der Waals surface area (Å²) in [7, 11) is 0. The minimum Gasteiger partial charge on any atom is -0.383 e. The first-order chi connectivity index (χ1) is 9.56. The van der Waals surface area contributed by atoms with Gasteiger partial charge in [0.25, 0.3) is 0 Å². The fourth-order valence-electron chi connectivity index (χ4n) is 3.51. The lowest BCUT2D eigenvalue weighted by Crippen LogP contribution is -2.28. The SMILES string of the molecule is CC(C)CC1(CNc2cccc(Cl)c2C#N)CCCC1. The Morgan fingerprint density at radius 3 is 2.65 bits per heavy atom. The maximum Gasteiger partial charge on any atom is 0.103 e. The molecule has 0 atom stereocenters. The molecule has 1 aromatic rings. The highest BCUT2D eigenvalue weighted by molar-refractivity contribution is 6.32. The van der Waals surface area contributed by atoms with E-state index in [1.54, 1.807) is 6.07 Å². The Morgan fingerprint density at radius 2 is 2.05 bits per heavy atom. The molecule has 108 valence electrons. The standard InChI is InChI=1S/C17H23ClN2/c1-13(2)10-17(8-3-4-9-17)12-20-16-7-5-6-15(18)14(16)11-19/h5-7,13,20H,3-4,8-10,12H2,1-2H3. The van der Waals surface area contributed by atoms with Crippen molar-refractivity contribution in [1.82, 2.24) is 0 Å². The molecular weight excluding hydrogens is 268 g/mol. The minimum atomic E-state index is 0.392. The number of nitrogens with zero attached hydrogens (tertiary/aromatic N) is 1. The first-order valence-electron chi connectivity index (χ1n) is 7.49. The largest absolute Gasteiger partial charge is 0.383 e. The molecule has 1 N–H and O–H groups in total. The molecule has 0 bridgehead atoms. The highest BCUT2D eigenvalue weighted by Crippen LogP contribution is 2.43. The Labute approximate surface area is 127 Å². The number of anilines is 1. The van der Waals surface area contributed by atoms with Gasteiger partial charge in [-0.15, -0.1) is 0 Å². The van der Waals surface area contributed by atoms with Gasteiger partial charge in [0, 0.05) is 6.54 Å². The average Bonchev–Trinajstić information content (AvgIpc) is 2.84. The lowest BCUT2D eigenvalue weighted by molar-refractivity contribution is 0.252. The lowest BCUT2D eigenvalue weighted by Gasteiger charge is -2.31. The Kier molecular flexibility index (Phi) is 4.94. The number of hydrogen-bond donors (Lipinski definition) is 1. The molecule has 20 heavy (non-hydrogen) atoms. The molecule has 1 aromatic carbocycles. The number of halogens is 1. The van der Waals surface area contributed by atoms with Crippen LogP contribution in [0.3, 0.4) is 0 Å². The van der Waals surface area contributed by atoms with E-state index in [4.69, 9.17) is 11.6 Å². The van der Waals surface area contributed by atoms with Crippen LogP contribution in [0.15, 0.2) is 18.2 Å². The smallest absolute Gasteiger partial charge is 0.103 e. The molecule has 0 unspecified atom stereocenters. The third-order valence-electron chi connectivity index (χ3n) is 4.28. The van der Waals surface area contributed by atoms with Crippen molar-refractivity contribution in [3.05, 3.63) is 28.8 Å². The summed E-state index contributed by atoms with van der Waals surface area (Å²) in [6.45, 7) is 5.53. The van der Waals surface area contributed by atoms with Crippen LogP contribution in [0.5, 0.6) is 0 Å². The normalized spacial score (nSPS) is 17.1. The van der Waals surface area contributed by atoms with E-state index in [0.717, 1.165) is 12.2 Å². The molecule has 3 heteroatoms. The fourth-order valence-corrected chi connectivity index (χ4v) is 3.73. The second-order valence-electron chi connectivity index (χ2n) is 6.43. The van der Waals surface area contributed by atoms with E-state index in [2.05, 4.69) is 25.2 Å². The first-order valence-corrected chi connectivity index (χ1v) is 7.87. The molecule has 2 rings (SSSR count). The van der Waals surface area contributed by atoms with Crippen LogP contribution >= 0.6 is 11.6 Å². The highest BCUT2D eigenvalue weighted by Gasteiger charge is 2.34. The van der Waals surface area contributed by atoms with Crippen molar-refractivity contribution in [2.75, 3.05) is 11.9 Å². The van der Waals surface area contributed by atoms with Gasteiger partial charge in [-0.05, 0) is 42.7 Å². The highest BCUT2D eigenvalue weighted by atomic mass is 35.5. The molecule has 0 aliphatic heterocycles. The van der Waals surface area contributed by atoms with E-state index in [0.29, 0.717) is 21.9 Å². The van der Waals surface area contributed by atoms with E-state index in [1.165, 1.54) is 32.1 Å². The van der Waals surface area contributed by atoms with Crippen LogP contribution in [-0.2, 0) is 0 Å². The van der Waals surface area contributed by atoms with Gasteiger partial charge in [-0.2, -0.15) is 5.26 Å². The van der Waals surface area contributed by atoms with Crippen LogP contribution in [0.4, 0.5) is 5.69 Å². The van der Waals surface area contributed by atoms with E-state index < -0.39 is 0 Å². The van der Waals surface area contributed by atoms with Gasteiger partial charge in [-0.3, -0.25) is 0 Å². The Morgan fingerprint density at radius 1 is 1.35 bits per heavy atom. The summed E-state index contributed by atoms with van der Waals surface area (Å²) >= 11 is 6.08. The van der Waals surface area contributed by atoms with Crippen LogP contribution in [0.1, 0.15) is 51.5 Å². The molecule has 1 aliphatic carbocycles. The summed E-state index contributed by atoms with van der Waals surface area (Å²) in [4.78, 5) is 0. The van der Waals surface area contributed by atoms with E-state index >= 15 is 0 Å². The van der Waals surface area contributed by atoms with Gasteiger partial charge in [0.15, 0.2) is 0 Å². The Bertz CT molecular complexity index is 496. The van der Waals surface area contributed by atoms with Crippen molar-refractivity contribution in [1.29, 1.82) is 5.26 Å². The Hall–Kier alpha value is -1.20. The molecule has 1 aliphatic rings. The van der Waals surface area contributed by atoms with Crippen molar-refractivity contribution in [2.24, 2.45) is 11.3 Å². The number of hydrogen-bond acceptors (Lipinski definition) is 2. The lowest BCUT2D eigenvalue weighted by atomic mass is 9.78. The van der Waals surface area contributed by atoms with Gasteiger partial charge >= 0.3 is 0 Å². The molecule has 0 radical (unpaired) electrons. The van der Waals surface area contributed by atoms with Crippen LogP contribution in [0.2, 0.25) is 5.02 Å². The first kappa shape index (κ1) is 15.2. The zero-order valence-corrected chi connectivity index (χ0v) is 13.1. The second kappa shape index (κ2) is 6.50. The molecule has 0 spiro atoms. The van der Waals surface area contributed by atoms with Crippen LogP contribution in [-0.4, -0.2) is 6.54 Å². The zero-order chi connectivity index (χ0) is 14.6. The summed E-state index contributed by atoms with van der Waals surface area (Å²) in [6, 6.07) is 7.81. The summed E-state index contributed by atoms with van der Waals surface area (Å²) in [5, 5.41) is 13.2. The van der Waals surface area contributed by atoms with Gasteiger partial charge in [0.1, 0.15) is 6.07 Å². The summed E-state index contributed by atoms with van der Waals surface area (Å²) in [5.74, 6) is 0.713. The maximum absolute atomic E-state index is 9.23. The number of rotatable bonds is 5. The van der Waals surface area contributed by atoms with Gasteiger partial charge in [0.2, 0.25) is 0 Å². The average molecular weight is 291 g/mol. The number of benzene rings is 1. The van der Waals surface area contributed by atoms with Gasteiger partial charge in [-0.1, -0.05) is 44.4 Å². The van der Waals surface area contributed by atoms with E-state index in [9.17, 15) is 5.26 Å². The fraction of sp³-hybridized carbons (Fsp3) is 0.588. The molecule has 0 aromatic heterocycles. The second-order valence-corrected chi connectivity index (χ2v) is 6.84. The van der Waals surface area contributed by atoms with Gasteiger partial charge < -0.3 is 5.32 Å². The molecule has 0 heterocycles. The third-order valence-corrected chi connectivity index (χ3v) is 4.60. The van der Waals surface area contributed by atoms with Crippen LogP contribution in [0, 0.1) is 22.7 Å². The van der Waals surface area contributed by atoms with E-state index in [-0.39, 0.29) is 0 Å². The predicted octanol–water partition coefficient (Wildman–Crippen LogP) is 5.23. The van der Waals surface area contributed by atoms with E-state index in [1.807, 2.05) is 12.1 Å². The molecule has 0 amide bonds. The van der Waals surface area contributed by atoms with Crippen molar-refractivity contribution >= 4 is 17.3 Å². The molecule has 1 saturated carbocycles. The van der Waals surface area contributed by atoms with Crippen molar-refractivity contribution in [3.63, 3.8) is 0 Å². The molecular formula is C17H23ClN2. The van der Waals surface area contributed by atoms with Crippen molar-refractivity contribution in [2.45, 2.75) is 46.0 Å². The number of nitrogens with one attached hydrogen (secondary N) is 1. The predicted molar refractivity (Wildman–Crippen MR) is 85.0 cm³/mol. The summed E-state index contributed by atoms with van der Waals surface area (Å²) < 4.78 is 0. The van der Waals surface area contributed by atoms with Crippen LogP contribution in [0.25, 0.3) is 0 Å². The summed E-state index contributed by atoms with van der Waals surface area (Å²) in [5.41, 5.74) is 1.82. The molecule has 2 nitrogen and oxygen atoms in total. The van der Waals surface area contributed by atoms with Gasteiger partial charge in [0.05, 0.1) is 16.3 Å². The van der Waals surface area contributed by atoms with Crippen molar-refractivity contribution in [3.8, 4) is 6.07 Å². The van der Waals surface area contributed by atoms with Gasteiger partial charge in [-0.25, -0.2) is 0 Å².